The van der Waals surface area contributed by atoms with Crippen LogP contribution in [0.25, 0.3) is 0 Å². The zero-order valence-electron chi connectivity index (χ0n) is 13.4. The van der Waals surface area contributed by atoms with E-state index < -0.39 is 9.84 Å². The standard InChI is InChI=1S/C18H19NO3S2/c1-2-24(21,22)17-10-6-4-8-14(17)18(20)19-15-11-12-23-16-9-5-3-7-13(15)16/h3-10,15H,2,11-12H2,1H3,(H,19,20). The van der Waals surface area contributed by atoms with Crippen molar-refractivity contribution < 1.29 is 13.2 Å². The number of thioether (sulfide) groups is 1. The van der Waals surface area contributed by atoms with Crippen molar-refractivity contribution in [2.45, 2.75) is 29.2 Å². The summed E-state index contributed by atoms with van der Waals surface area (Å²) in [6.07, 6.45) is 0.829. The van der Waals surface area contributed by atoms with Crippen LogP contribution < -0.4 is 5.32 Å². The van der Waals surface area contributed by atoms with Crippen LogP contribution in [0.2, 0.25) is 0 Å². The Labute approximate surface area is 146 Å². The molecule has 24 heavy (non-hydrogen) atoms. The van der Waals surface area contributed by atoms with Crippen LogP contribution in [-0.4, -0.2) is 25.8 Å². The lowest BCUT2D eigenvalue weighted by Gasteiger charge is -2.26. The fourth-order valence-corrected chi connectivity index (χ4v) is 5.03. The number of sulfone groups is 1. The molecule has 1 unspecified atom stereocenters. The summed E-state index contributed by atoms with van der Waals surface area (Å²) in [6, 6.07) is 14.3. The number of hydrogen-bond donors (Lipinski definition) is 1. The Morgan fingerprint density at radius 2 is 1.88 bits per heavy atom. The molecule has 0 aliphatic carbocycles. The van der Waals surface area contributed by atoms with Crippen molar-refractivity contribution >= 4 is 27.5 Å². The largest absolute Gasteiger partial charge is 0.345 e. The average molecular weight is 361 g/mol. The zero-order valence-corrected chi connectivity index (χ0v) is 15.0. The van der Waals surface area contributed by atoms with Gasteiger partial charge in [-0.2, -0.15) is 0 Å². The predicted octanol–water partition coefficient (Wildman–Crippen LogP) is 3.45. The maximum absolute atomic E-state index is 12.7. The SMILES string of the molecule is CCS(=O)(=O)c1ccccc1C(=O)NC1CCSc2ccccc21. The van der Waals surface area contributed by atoms with Crippen LogP contribution in [0.3, 0.4) is 0 Å². The third-order valence-electron chi connectivity index (χ3n) is 4.11. The van der Waals surface area contributed by atoms with Gasteiger partial charge in [0.1, 0.15) is 0 Å². The van der Waals surface area contributed by atoms with Gasteiger partial charge in [-0.05, 0) is 30.2 Å². The molecule has 1 aliphatic rings. The third kappa shape index (κ3) is 3.35. The highest BCUT2D eigenvalue weighted by atomic mass is 32.2. The predicted molar refractivity (Wildman–Crippen MR) is 96.2 cm³/mol. The van der Waals surface area contributed by atoms with E-state index in [0.717, 1.165) is 17.7 Å². The minimum absolute atomic E-state index is 0.0276. The van der Waals surface area contributed by atoms with Gasteiger partial charge in [-0.15, -0.1) is 11.8 Å². The molecule has 1 heterocycles. The number of carbonyl (C=O) groups excluding carboxylic acids is 1. The molecule has 1 N–H and O–H groups in total. The molecule has 0 aromatic heterocycles. The molecule has 2 aromatic carbocycles. The summed E-state index contributed by atoms with van der Waals surface area (Å²) in [5.41, 5.74) is 1.31. The molecule has 4 nitrogen and oxygen atoms in total. The summed E-state index contributed by atoms with van der Waals surface area (Å²) in [5, 5.41) is 3.01. The number of nitrogens with one attached hydrogen (secondary N) is 1. The monoisotopic (exact) mass is 361 g/mol. The van der Waals surface area contributed by atoms with Gasteiger partial charge in [0.15, 0.2) is 9.84 Å². The summed E-state index contributed by atoms with van der Waals surface area (Å²) in [6.45, 7) is 1.58. The van der Waals surface area contributed by atoms with Crippen LogP contribution in [0.15, 0.2) is 58.3 Å². The second kappa shape index (κ2) is 6.99. The normalized spacial score (nSPS) is 17.1. The van der Waals surface area contributed by atoms with Crippen molar-refractivity contribution in [3.8, 4) is 0 Å². The summed E-state index contributed by atoms with van der Waals surface area (Å²) < 4.78 is 24.5. The molecule has 1 aliphatic heterocycles. The molecule has 1 amide bonds. The Morgan fingerprint density at radius 1 is 1.17 bits per heavy atom. The van der Waals surface area contributed by atoms with Crippen molar-refractivity contribution in [3.05, 3.63) is 59.7 Å². The van der Waals surface area contributed by atoms with Crippen LogP contribution in [0.5, 0.6) is 0 Å². The molecule has 0 saturated heterocycles. The molecule has 0 bridgehead atoms. The highest BCUT2D eigenvalue weighted by Gasteiger charge is 2.25. The molecular formula is C18H19NO3S2. The minimum Gasteiger partial charge on any atom is -0.345 e. The van der Waals surface area contributed by atoms with Gasteiger partial charge in [-0.25, -0.2) is 8.42 Å². The smallest absolute Gasteiger partial charge is 0.253 e. The Morgan fingerprint density at radius 3 is 2.67 bits per heavy atom. The summed E-state index contributed by atoms with van der Waals surface area (Å²) >= 11 is 1.78. The maximum atomic E-state index is 12.7. The number of rotatable bonds is 4. The second-order valence-corrected chi connectivity index (χ2v) is 8.98. The van der Waals surface area contributed by atoms with E-state index in [1.165, 1.54) is 11.0 Å². The van der Waals surface area contributed by atoms with Gasteiger partial charge >= 0.3 is 0 Å². The molecule has 0 radical (unpaired) electrons. The van der Waals surface area contributed by atoms with Crippen molar-refractivity contribution in [3.63, 3.8) is 0 Å². The molecule has 126 valence electrons. The van der Waals surface area contributed by atoms with E-state index in [4.69, 9.17) is 0 Å². The zero-order chi connectivity index (χ0) is 17.2. The second-order valence-electron chi connectivity index (χ2n) is 5.60. The van der Waals surface area contributed by atoms with Crippen molar-refractivity contribution in [1.29, 1.82) is 0 Å². The van der Waals surface area contributed by atoms with E-state index in [-0.39, 0.29) is 28.2 Å². The van der Waals surface area contributed by atoms with Gasteiger partial charge in [0.25, 0.3) is 5.91 Å². The fourth-order valence-electron chi connectivity index (χ4n) is 2.81. The summed E-state index contributed by atoms with van der Waals surface area (Å²) in [5.74, 6) is 0.561. The van der Waals surface area contributed by atoms with Crippen LogP contribution in [0.1, 0.15) is 35.3 Å². The summed E-state index contributed by atoms with van der Waals surface area (Å²) in [4.78, 5) is 14.0. The fraction of sp³-hybridized carbons (Fsp3) is 0.278. The van der Waals surface area contributed by atoms with Crippen LogP contribution >= 0.6 is 11.8 Å². The minimum atomic E-state index is -3.44. The number of amides is 1. The molecule has 3 rings (SSSR count). The molecule has 2 aromatic rings. The first-order valence-corrected chi connectivity index (χ1v) is 10.5. The lowest BCUT2D eigenvalue weighted by Crippen LogP contribution is -2.31. The van der Waals surface area contributed by atoms with Crippen molar-refractivity contribution in [1.82, 2.24) is 5.32 Å². The lowest BCUT2D eigenvalue weighted by molar-refractivity contribution is 0.0931. The number of benzene rings is 2. The molecule has 0 saturated carbocycles. The van der Waals surface area contributed by atoms with Crippen molar-refractivity contribution in [2.24, 2.45) is 0 Å². The molecule has 0 spiro atoms. The molecular weight excluding hydrogens is 342 g/mol. The first kappa shape index (κ1) is 17.0. The Balaban J connectivity index is 1.90. The van der Waals surface area contributed by atoms with Gasteiger partial charge in [0.2, 0.25) is 0 Å². The number of carbonyl (C=O) groups is 1. The van der Waals surface area contributed by atoms with E-state index >= 15 is 0 Å². The van der Waals surface area contributed by atoms with Gasteiger partial charge in [-0.1, -0.05) is 37.3 Å². The van der Waals surface area contributed by atoms with E-state index in [1.54, 1.807) is 36.9 Å². The Hall–Kier alpha value is -1.79. The van der Waals surface area contributed by atoms with Gasteiger partial charge in [-0.3, -0.25) is 4.79 Å². The number of hydrogen-bond acceptors (Lipinski definition) is 4. The first-order valence-electron chi connectivity index (χ1n) is 7.87. The highest BCUT2D eigenvalue weighted by Crippen LogP contribution is 2.36. The Bertz CT molecular complexity index is 862. The van der Waals surface area contributed by atoms with E-state index in [2.05, 4.69) is 5.32 Å². The summed E-state index contributed by atoms with van der Waals surface area (Å²) in [7, 11) is -3.44. The first-order chi connectivity index (χ1) is 11.5. The van der Waals surface area contributed by atoms with E-state index in [0.29, 0.717) is 0 Å². The van der Waals surface area contributed by atoms with E-state index in [9.17, 15) is 13.2 Å². The van der Waals surface area contributed by atoms with Gasteiger partial charge < -0.3 is 5.32 Å². The maximum Gasteiger partial charge on any atom is 0.253 e. The average Bonchev–Trinajstić information content (AvgIpc) is 2.62. The van der Waals surface area contributed by atoms with Crippen LogP contribution in [-0.2, 0) is 9.84 Å². The highest BCUT2D eigenvalue weighted by molar-refractivity contribution is 7.99. The van der Waals surface area contributed by atoms with Gasteiger partial charge in [0, 0.05) is 10.6 Å². The van der Waals surface area contributed by atoms with Gasteiger partial charge in [0.05, 0.1) is 22.3 Å². The third-order valence-corrected chi connectivity index (χ3v) is 7.02. The molecule has 1 atom stereocenters. The molecule has 6 heteroatoms. The number of fused-ring (bicyclic) bond motifs is 1. The quantitative estimate of drug-likeness (QED) is 0.906. The van der Waals surface area contributed by atoms with Crippen molar-refractivity contribution in [2.75, 3.05) is 11.5 Å². The Kier molecular flexibility index (Phi) is 4.96. The van der Waals surface area contributed by atoms with E-state index in [1.807, 2.05) is 24.3 Å². The topological polar surface area (TPSA) is 63.2 Å². The van der Waals surface area contributed by atoms with Crippen LogP contribution in [0, 0.1) is 0 Å². The molecule has 0 fully saturated rings. The lowest BCUT2D eigenvalue weighted by atomic mass is 10.0. The van der Waals surface area contributed by atoms with Crippen LogP contribution in [0.4, 0.5) is 0 Å².